The third-order valence-corrected chi connectivity index (χ3v) is 3.08. The molecular formula is C16H23IN6. The molecule has 124 valence electrons. The molecule has 0 atom stereocenters. The summed E-state index contributed by atoms with van der Waals surface area (Å²) in [6.07, 6.45) is 2.60. The van der Waals surface area contributed by atoms with Crippen LogP contribution < -0.4 is 16.0 Å². The maximum absolute atomic E-state index is 5.86. The van der Waals surface area contributed by atoms with Gasteiger partial charge in [0.25, 0.3) is 0 Å². The van der Waals surface area contributed by atoms with Crippen LogP contribution in [0.25, 0.3) is 0 Å². The second kappa shape index (κ2) is 9.98. The van der Waals surface area contributed by atoms with E-state index in [1.165, 1.54) is 0 Å². The smallest absolute Gasteiger partial charge is 0.188 e. The lowest BCUT2D eigenvalue weighted by Crippen LogP contribution is -2.33. The molecule has 0 aliphatic heterocycles. The predicted molar refractivity (Wildman–Crippen MR) is 105 cm³/mol. The minimum absolute atomic E-state index is 0. The Balaban J connectivity index is 0.00000264. The first-order chi connectivity index (χ1) is 10.6. The Morgan fingerprint density at radius 3 is 2.65 bits per heavy atom. The van der Waals surface area contributed by atoms with E-state index in [-0.39, 0.29) is 24.0 Å². The molecule has 0 amide bonds. The number of nitrogens with two attached hydrogens (primary N) is 1. The van der Waals surface area contributed by atoms with Gasteiger partial charge in [0.1, 0.15) is 5.82 Å². The van der Waals surface area contributed by atoms with Crippen molar-refractivity contribution in [3.8, 4) is 0 Å². The van der Waals surface area contributed by atoms with Crippen molar-refractivity contribution in [3.63, 3.8) is 0 Å². The van der Waals surface area contributed by atoms with E-state index < -0.39 is 0 Å². The Morgan fingerprint density at radius 1 is 1.17 bits per heavy atom. The number of aliphatic imine (C=N–C) groups is 1. The molecule has 0 aliphatic rings. The van der Waals surface area contributed by atoms with E-state index >= 15 is 0 Å². The SMILES string of the molecule is CN(C)c1cccc(CN=C(N)NCCc2ccccn2)n1.I. The topological polar surface area (TPSA) is 79.4 Å². The third kappa shape index (κ3) is 6.81. The summed E-state index contributed by atoms with van der Waals surface area (Å²) in [4.78, 5) is 15.0. The van der Waals surface area contributed by atoms with Crippen molar-refractivity contribution >= 4 is 35.8 Å². The number of pyridine rings is 2. The number of nitrogens with zero attached hydrogens (tertiary/aromatic N) is 4. The normalized spacial score (nSPS) is 10.8. The second-order valence-electron chi connectivity index (χ2n) is 5.08. The van der Waals surface area contributed by atoms with Crippen molar-refractivity contribution in [2.24, 2.45) is 10.7 Å². The molecule has 0 spiro atoms. The van der Waals surface area contributed by atoms with Crippen molar-refractivity contribution in [1.29, 1.82) is 0 Å². The van der Waals surface area contributed by atoms with Crippen molar-refractivity contribution in [1.82, 2.24) is 15.3 Å². The number of nitrogens with one attached hydrogen (secondary N) is 1. The van der Waals surface area contributed by atoms with Crippen molar-refractivity contribution in [2.45, 2.75) is 13.0 Å². The number of halogens is 1. The third-order valence-electron chi connectivity index (χ3n) is 3.08. The number of hydrogen-bond donors (Lipinski definition) is 2. The fourth-order valence-corrected chi connectivity index (χ4v) is 1.89. The van der Waals surface area contributed by atoms with Crippen molar-refractivity contribution < 1.29 is 0 Å². The molecule has 0 aliphatic carbocycles. The molecule has 0 saturated carbocycles. The first-order valence-corrected chi connectivity index (χ1v) is 7.22. The van der Waals surface area contributed by atoms with Gasteiger partial charge in [0.15, 0.2) is 5.96 Å². The summed E-state index contributed by atoms with van der Waals surface area (Å²) < 4.78 is 0. The van der Waals surface area contributed by atoms with E-state index in [1.807, 2.05) is 55.4 Å². The Kier molecular flexibility index (Phi) is 8.31. The molecular weight excluding hydrogens is 403 g/mol. The van der Waals surface area contributed by atoms with Gasteiger partial charge < -0.3 is 16.0 Å². The minimum Gasteiger partial charge on any atom is -0.370 e. The molecule has 2 heterocycles. The first-order valence-electron chi connectivity index (χ1n) is 7.22. The van der Waals surface area contributed by atoms with Gasteiger partial charge in [-0.3, -0.25) is 4.98 Å². The molecule has 3 N–H and O–H groups in total. The summed E-state index contributed by atoms with van der Waals surface area (Å²) in [5, 5.41) is 3.09. The van der Waals surface area contributed by atoms with Gasteiger partial charge in [-0.2, -0.15) is 0 Å². The number of anilines is 1. The highest BCUT2D eigenvalue weighted by Gasteiger charge is 2.00. The van der Waals surface area contributed by atoms with Crippen LogP contribution >= 0.6 is 24.0 Å². The van der Waals surface area contributed by atoms with E-state index in [9.17, 15) is 0 Å². The molecule has 7 heteroatoms. The maximum atomic E-state index is 5.86. The highest BCUT2D eigenvalue weighted by molar-refractivity contribution is 14.0. The summed E-state index contributed by atoms with van der Waals surface area (Å²) >= 11 is 0. The first kappa shape index (κ1) is 19.1. The van der Waals surface area contributed by atoms with Crippen LogP contribution in [0.4, 0.5) is 5.82 Å². The number of aromatic nitrogens is 2. The second-order valence-corrected chi connectivity index (χ2v) is 5.08. The quantitative estimate of drug-likeness (QED) is 0.419. The van der Waals surface area contributed by atoms with Crippen molar-refractivity contribution in [3.05, 3.63) is 54.0 Å². The van der Waals surface area contributed by atoms with Gasteiger partial charge in [0, 0.05) is 39.0 Å². The van der Waals surface area contributed by atoms with Crippen LogP contribution in [0.15, 0.2) is 47.6 Å². The molecule has 23 heavy (non-hydrogen) atoms. The lowest BCUT2D eigenvalue weighted by atomic mass is 10.3. The molecule has 0 bridgehead atoms. The summed E-state index contributed by atoms with van der Waals surface area (Å²) in [5.74, 6) is 1.34. The van der Waals surface area contributed by atoms with Gasteiger partial charge in [-0.1, -0.05) is 12.1 Å². The van der Waals surface area contributed by atoms with Crippen LogP contribution in [0.2, 0.25) is 0 Å². The summed E-state index contributed by atoms with van der Waals surface area (Å²) in [5.41, 5.74) is 7.78. The average molecular weight is 426 g/mol. The molecule has 2 rings (SSSR count). The fraction of sp³-hybridized carbons (Fsp3) is 0.312. The van der Waals surface area contributed by atoms with Crippen LogP contribution in [0.5, 0.6) is 0 Å². The highest BCUT2D eigenvalue weighted by atomic mass is 127. The molecule has 0 radical (unpaired) electrons. The monoisotopic (exact) mass is 426 g/mol. The van der Waals surface area contributed by atoms with Gasteiger partial charge in [-0.25, -0.2) is 9.98 Å². The van der Waals surface area contributed by atoms with Gasteiger partial charge in [-0.15, -0.1) is 24.0 Å². The Bertz CT molecular complexity index is 615. The Hall–Kier alpha value is -1.90. The molecule has 0 aromatic carbocycles. The number of hydrogen-bond acceptors (Lipinski definition) is 4. The highest BCUT2D eigenvalue weighted by Crippen LogP contribution is 2.08. The van der Waals surface area contributed by atoms with Crippen LogP contribution in [0, 0.1) is 0 Å². The number of rotatable bonds is 6. The average Bonchev–Trinajstić information content (AvgIpc) is 2.54. The molecule has 2 aromatic rings. The molecule has 2 aromatic heterocycles. The van der Waals surface area contributed by atoms with E-state index in [2.05, 4.69) is 20.3 Å². The molecule has 0 unspecified atom stereocenters. The van der Waals surface area contributed by atoms with E-state index in [0.29, 0.717) is 19.0 Å². The van der Waals surface area contributed by atoms with E-state index in [4.69, 9.17) is 5.73 Å². The Morgan fingerprint density at radius 2 is 1.96 bits per heavy atom. The zero-order chi connectivity index (χ0) is 15.8. The molecule has 0 fully saturated rings. The lowest BCUT2D eigenvalue weighted by molar-refractivity contribution is 0.825. The van der Waals surface area contributed by atoms with Gasteiger partial charge in [0.05, 0.1) is 12.2 Å². The summed E-state index contributed by atoms with van der Waals surface area (Å²) in [6, 6.07) is 11.7. The zero-order valence-corrected chi connectivity index (χ0v) is 15.8. The molecule has 0 saturated heterocycles. The van der Waals surface area contributed by atoms with Crippen molar-refractivity contribution in [2.75, 3.05) is 25.5 Å². The number of guanidine groups is 1. The predicted octanol–water partition coefficient (Wildman–Crippen LogP) is 1.81. The van der Waals surface area contributed by atoms with Gasteiger partial charge in [-0.05, 0) is 24.3 Å². The van der Waals surface area contributed by atoms with Gasteiger partial charge in [0.2, 0.25) is 0 Å². The van der Waals surface area contributed by atoms with E-state index in [0.717, 1.165) is 23.6 Å². The van der Waals surface area contributed by atoms with Crippen LogP contribution in [0.3, 0.4) is 0 Å². The van der Waals surface area contributed by atoms with Gasteiger partial charge >= 0.3 is 0 Å². The van der Waals surface area contributed by atoms with Crippen LogP contribution in [0.1, 0.15) is 11.4 Å². The minimum atomic E-state index is 0. The Labute approximate surface area is 154 Å². The summed E-state index contributed by atoms with van der Waals surface area (Å²) in [6.45, 7) is 1.17. The van der Waals surface area contributed by atoms with Crippen LogP contribution in [-0.4, -0.2) is 36.6 Å². The van der Waals surface area contributed by atoms with Crippen LogP contribution in [-0.2, 0) is 13.0 Å². The van der Waals surface area contributed by atoms with E-state index in [1.54, 1.807) is 6.20 Å². The summed E-state index contributed by atoms with van der Waals surface area (Å²) in [7, 11) is 3.92. The largest absolute Gasteiger partial charge is 0.370 e. The standard InChI is InChI=1S/C16H22N6.HI/c1-22(2)15-8-5-7-14(21-15)12-20-16(17)19-11-9-13-6-3-4-10-18-13;/h3-8,10H,9,11-12H2,1-2H3,(H3,17,19,20);1H. The lowest BCUT2D eigenvalue weighted by Gasteiger charge is -2.11. The fourth-order valence-electron chi connectivity index (χ4n) is 1.89. The molecule has 6 nitrogen and oxygen atoms in total. The maximum Gasteiger partial charge on any atom is 0.188 e. The zero-order valence-electron chi connectivity index (χ0n) is 13.4.